The van der Waals surface area contributed by atoms with E-state index in [2.05, 4.69) is 46.7 Å². The Kier molecular flexibility index (Phi) is 10.3. The molecule has 3 amide bonds. The second-order valence-electron chi connectivity index (χ2n) is 11.8. The summed E-state index contributed by atoms with van der Waals surface area (Å²) in [7, 11) is 0. The number of amides is 3. The number of nitrogens with one attached hydrogen (secondary N) is 2. The fourth-order valence-electron chi connectivity index (χ4n) is 6.42. The molecule has 3 aromatic carbocycles. The molecule has 2 N–H and O–H groups in total. The molecule has 0 bridgehead atoms. The molecule has 0 unspecified atom stereocenters. The van der Waals surface area contributed by atoms with Crippen LogP contribution in [-0.4, -0.2) is 71.8 Å². The van der Waals surface area contributed by atoms with Gasteiger partial charge in [-0.25, -0.2) is 0 Å². The molecule has 1 atom stereocenters. The molecule has 226 valence electrons. The van der Waals surface area contributed by atoms with Gasteiger partial charge in [-0.3, -0.25) is 14.4 Å². The summed E-state index contributed by atoms with van der Waals surface area (Å²) >= 11 is 0. The van der Waals surface area contributed by atoms with Crippen LogP contribution in [0.1, 0.15) is 61.4 Å². The molecule has 0 saturated carbocycles. The smallest absolute Gasteiger partial charge is 0.251 e. The van der Waals surface area contributed by atoms with E-state index < -0.39 is 11.6 Å². The van der Waals surface area contributed by atoms with Crippen molar-refractivity contribution in [3.8, 4) is 11.1 Å². The van der Waals surface area contributed by atoms with Crippen molar-refractivity contribution in [2.45, 2.75) is 63.5 Å². The van der Waals surface area contributed by atoms with Gasteiger partial charge in [0.25, 0.3) is 5.91 Å². The molecular formula is C36H44N4O3. The third-order valence-corrected chi connectivity index (χ3v) is 8.96. The number of unbranched alkanes of at least 4 members (excludes halogenated alkanes) is 1. The summed E-state index contributed by atoms with van der Waals surface area (Å²) in [5.74, 6) is -0.0601. The molecule has 1 spiro atoms. The molecule has 5 rings (SSSR count). The number of likely N-dealkylation sites (tertiary alicyclic amines) is 1. The van der Waals surface area contributed by atoms with E-state index in [0.29, 0.717) is 37.9 Å². The molecular weight excluding hydrogens is 536 g/mol. The standard InChI is InChI=1S/C36H44N4O3/c1-2-24-40-34(42)32(38-35(43)36(40)21-26-39(27-22-36)25-20-28-11-5-3-6-12-28)15-9-10-23-37-33(41)31-18-16-30(17-19-31)29-13-7-4-8-14-29/h3-8,11-14,16-19,32H,2,9-10,15,20-27H2,1H3,(H,37,41)(H,38,43)/t32-/m0/s1. The Morgan fingerprint density at radius 1 is 0.860 bits per heavy atom. The quantitative estimate of drug-likeness (QED) is 0.293. The van der Waals surface area contributed by atoms with Crippen LogP contribution in [0, 0.1) is 0 Å². The lowest BCUT2D eigenvalue weighted by Gasteiger charge is -2.51. The van der Waals surface area contributed by atoms with Crippen LogP contribution in [0.25, 0.3) is 11.1 Å². The highest BCUT2D eigenvalue weighted by molar-refractivity contribution is 6.00. The maximum absolute atomic E-state index is 13.6. The Morgan fingerprint density at radius 3 is 2.19 bits per heavy atom. The van der Waals surface area contributed by atoms with E-state index in [1.54, 1.807) is 0 Å². The van der Waals surface area contributed by atoms with Crippen molar-refractivity contribution < 1.29 is 14.4 Å². The van der Waals surface area contributed by atoms with E-state index in [1.807, 2.05) is 65.6 Å². The lowest BCUT2D eigenvalue weighted by molar-refractivity contribution is -0.161. The monoisotopic (exact) mass is 580 g/mol. The van der Waals surface area contributed by atoms with Crippen LogP contribution in [0.5, 0.6) is 0 Å². The fourth-order valence-corrected chi connectivity index (χ4v) is 6.42. The van der Waals surface area contributed by atoms with Gasteiger partial charge in [0.05, 0.1) is 0 Å². The summed E-state index contributed by atoms with van der Waals surface area (Å²) in [4.78, 5) is 44.2. The predicted molar refractivity (Wildman–Crippen MR) is 171 cm³/mol. The van der Waals surface area contributed by atoms with E-state index in [1.165, 1.54) is 5.56 Å². The lowest BCUT2D eigenvalue weighted by Crippen LogP contribution is -2.72. The third-order valence-electron chi connectivity index (χ3n) is 8.96. The summed E-state index contributed by atoms with van der Waals surface area (Å²) in [6.45, 7) is 5.78. The molecule has 2 aliphatic heterocycles. The minimum atomic E-state index is -0.739. The van der Waals surface area contributed by atoms with E-state index in [-0.39, 0.29) is 17.7 Å². The molecule has 2 aliphatic rings. The number of piperidine rings is 1. The van der Waals surface area contributed by atoms with E-state index in [9.17, 15) is 14.4 Å². The van der Waals surface area contributed by atoms with Gasteiger partial charge in [-0.2, -0.15) is 0 Å². The fraction of sp³-hybridized carbons (Fsp3) is 0.417. The Bertz CT molecular complexity index is 1350. The van der Waals surface area contributed by atoms with Gasteiger partial charge in [0.1, 0.15) is 11.6 Å². The zero-order valence-corrected chi connectivity index (χ0v) is 25.3. The molecule has 0 aliphatic carbocycles. The molecule has 0 aromatic heterocycles. The number of rotatable bonds is 12. The normalized spacial score (nSPS) is 18.4. The average molecular weight is 581 g/mol. The van der Waals surface area contributed by atoms with Gasteiger partial charge < -0.3 is 20.4 Å². The van der Waals surface area contributed by atoms with Crippen molar-refractivity contribution >= 4 is 17.7 Å². The Balaban J connectivity index is 1.07. The largest absolute Gasteiger partial charge is 0.352 e. The highest BCUT2D eigenvalue weighted by Gasteiger charge is 2.52. The maximum atomic E-state index is 13.6. The first-order valence-corrected chi connectivity index (χ1v) is 15.8. The SMILES string of the molecule is CCCN1C(=O)[C@H](CCCCNC(=O)c2ccc(-c3ccccc3)cc2)NC(=O)C12CCN(CCc1ccccc1)CC2. The van der Waals surface area contributed by atoms with E-state index >= 15 is 0 Å². The predicted octanol–water partition coefficient (Wildman–Crippen LogP) is 5.07. The summed E-state index contributed by atoms with van der Waals surface area (Å²) in [6, 6.07) is 27.7. The van der Waals surface area contributed by atoms with Gasteiger partial charge in [-0.1, -0.05) is 79.7 Å². The number of hydrogen-bond donors (Lipinski definition) is 2. The van der Waals surface area contributed by atoms with Crippen LogP contribution in [0.15, 0.2) is 84.9 Å². The highest BCUT2D eigenvalue weighted by atomic mass is 16.2. The first kappa shape index (κ1) is 30.5. The van der Waals surface area contributed by atoms with Crippen LogP contribution in [-0.2, 0) is 16.0 Å². The minimum Gasteiger partial charge on any atom is -0.352 e. The van der Waals surface area contributed by atoms with Crippen molar-refractivity contribution in [1.82, 2.24) is 20.4 Å². The Hall–Kier alpha value is -3.97. The molecule has 2 fully saturated rings. The topological polar surface area (TPSA) is 81.8 Å². The molecule has 43 heavy (non-hydrogen) atoms. The Labute approximate surface area is 255 Å². The second-order valence-corrected chi connectivity index (χ2v) is 11.8. The van der Waals surface area contributed by atoms with Gasteiger partial charge in [0, 0.05) is 38.3 Å². The summed E-state index contributed by atoms with van der Waals surface area (Å²) in [6.07, 6.45) is 5.21. The summed E-state index contributed by atoms with van der Waals surface area (Å²) in [5.41, 5.74) is 3.40. The average Bonchev–Trinajstić information content (AvgIpc) is 3.06. The molecule has 3 aromatic rings. The number of nitrogens with zero attached hydrogens (tertiary/aromatic N) is 2. The van der Waals surface area contributed by atoms with Gasteiger partial charge in [-0.15, -0.1) is 0 Å². The first-order valence-electron chi connectivity index (χ1n) is 15.8. The van der Waals surface area contributed by atoms with Crippen molar-refractivity contribution in [3.05, 3.63) is 96.1 Å². The van der Waals surface area contributed by atoms with Crippen LogP contribution >= 0.6 is 0 Å². The number of hydrogen-bond acceptors (Lipinski definition) is 4. The van der Waals surface area contributed by atoms with Gasteiger partial charge >= 0.3 is 0 Å². The van der Waals surface area contributed by atoms with Crippen molar-refractivity contribution in [2.24, 2.45) is 0 Å². The zero-order valence-electron chi connectivity index (χ0n) is 25.3. The zero-order chi connectivity index (χ0) is 30.1. The minimum absolute atomic E-state index is 0.000474. The van der Waals surface area contributed by atoms with Crippen molar-refractivity contribution in [3.63, 3.8) is 0 Å². The summed E-state index contributed by atoms with van der Waals surface area (Å²) in [5, 5.41) is 6.09. The number of piperazine rings is 1. The van der Waals surface area contributed by atoms with Gasteiger partial charge in [0.2, 0.25) is 11.8 Å². The van der Waals surface area contributed by atoms with Crippen LogP contribution in [0.4, 0.5) is 0 Å². The Morgan fingerprint density at radius 2 is 1.51 bits per heavy atom. The van der Waals surface area contributed by atoms with E-state index in [0.717, 1.165) is 56.4 Å². The number of benzene rings is 3. The number of carbonyl (C=O) groups is 3. The van der Waals surface area contributed by atoms with Gasteiger partial charge in [-0.05, 0) is 73.8 Å². The van der Waals surface area contributed by atoms with Gasteiger partial charge in [0.15, 0.2) is 0 Å². The number of carbonyl (C=O) groups excluding carboxylic acids is 3. The summed E-state index contributed by atoms with van der Waals surface area (Å²) < 4.78 is 0. The molecule has 7 nitrogen and oxygen atoms in total. The first-order chi connectivity index (χ1) is 21.0. The van der Waals surface area contributed by atoms with Crippen molar-refractivity contribution in [1.29, 1.82) is 0 Å². The highest BCUT2D eigenvalue weighted by Crippen LogP contribution is 2.34. The molecule has 7 heteroatoms. The molecule has 0 radical (unpaired) electrons. The third kappa shape index (κ3) is 7.34. The van der Waals surface area contributed by atoms with Crippen LogP contribution < -0.4 is 10.6 Å². The van der Waals surface area contributed by atoms with Crippen molar-refractivity contribution in [2.75, 3.05) is 32.7 Å². The second kappa shape index (κ2) is 14.5. The van der Waals surface area contributed by atoms with Crippen LogP contribution in [0.2, 0.25) is 0 Å². The molecule has 2 heterocycles. The molecule has 2 saturated heterocycles. The lowest BCUT2D eigenvalue weighted by atomic mass is 9.81. The maximum Gasteiger partial charge on any atom is 0.251 e. The van der Waals surface area contributed by atoms with Crippen LogP contribution in [0.3, 0.4) is 0 Å². The van der Waals surface area contributed by atoms with E-state index in [4.69, 9.17) is 0 Å².